The lowest BCUT2D eigenvalue weighted by Gasteiger charge is -2.32. The van der Waals surface area contributed by atoms with E-state index in [-0.39, 0.29) is 57.0 Å². The van der Waals surface area contributed by atoms with Crippen LogP contribution in [0.1, 0.15) is 72.3 Å². The lowest BCUT2D eigenvalue weighted by molar-refractivity contribution is -0.144. The average Bonchev–Trinajstić information content (AvgIpc) is 3.95. The van der Waals surface area contributed by atoms with Crippen LogP contribution in [-0.4, -0.2) is 156 Å². The van der Waals surface area contributed by atoms with Crippen molar-refractivity contribution in [2.24, 2.45) is 38.3 Å². The molecule has 3 rings (SSSR count). The minimum atomic E-state index is -1.34. The van der Waals surface area contributed by atoms with Gasteiger partial charge in [-0.3, -0.25) is 48.3 Å². The summed E-state index contributed by atoms with van der Waals surface area (Å²) in [6, 6.07) is -3.03. The lowest BCUT2D eigenvalue weighted by atomic mass is 9.98. The molecule has 7 amide bonds. The number of likely N-dealkylation sites (N-methyl/N-ethyl adjacent to an activating group) is 1. The molecule has 0 radical (unpaired) electrons. The van der Waals surface area contributed by atoms with E-state index in [9.17, 15) is 48.6 Å². The highest BCUT2D eigenvalue weighted by Crippen LogP contribution is 2.21. The van der Waals surface area contributed by atoms with E-state index < -0.39 is 107 Å². The summed E-state index contributed by atoms with van der Waals surface area (Å²) in [5.41, 5.74) is 11.4. The number of nitrogens with one attached hydrogen (secondary N) is 7. The van der Waals surface area contributed by atoms with Gasteiger partial charge >= 0.3 is 5.97 Å². The number of carboxylic acids is 1. The van der Waals surface area contributed by atoms with Crippen LogP contribution in [0, 0.1) is 11.8 Å². The summed E-state index contributed by atoms with van der Waals surface area (Å²) in [4.78, 5) is 121. The Hall–Kier alpha value is -6.65. The molecule has 1 unspecified atom stereocenters. The second-order valence-electron chi connectivity index (χ2n) is 16.7. The second kappa shape index (κ2) is 25.6. The molecule has 0 spiro atoms. The number of carbonyl (C=O) groups excluding carboxylic acids is 7. The fourth-order valence-corrected chi connectivity index (χ4v) is 7.12. The summed E-state index contributed by atoms with van der Waals surface area (Å²) in [7, 11) is 1.57. The molecule has 65 heavy (non-hydrogen) atoms. The molecule has 13 N–H and O–H groups in total. The van der Waals surface area contributed by atoms with Gasteiger partial charge in [-0.25, -0.2) is 4.99 Å². The lowest BCUT2D eigenvalue weighted by Crippen LogP contribution is -2.61. The van der Waals surface area contributed by atoms with Crippen LogP contribution in [0.5, 0.6) is 5.75 Å². The molecule has 23 nitrogen and oxygen atoms in total. The quantitative estimate of drug-likeness (QED) is 0.0273. The number of benzene rings is 1. The summed E-state index contributed by atoms with van der Waals surface area (Å²) < 4.78 is 0. The Morgan fingerprint density at radius 2 is 1.42 bits per heavy atom. The predicted octanol–water partition coefficient (Wildman–Crippen LogP) is -2.60. The zero-order valence-electron chi connectivity index (χ0n) is 37.7. The van der Waals surface area contributed by atoms with E-state index in [1.54, 1.807) is 46.9 Å². The normalized spacial score (nSPS) is 18.1. The Kier molecular flexibility index (Phi) is 20.7. The number of amides is 7. The second-order valence-corrected chi connectivity index (χ2v) is 16.7. The van der Waals surface area contributed by atoms with Crippen molar-refractivity contribution >= 4 is 65.8 Å². The molecule has 1 aromatic rings. The van der Waals surface area contributed by atoms with Crippen LogP contribution in [0.25, 0.3) is 0 Å². The Balaban J connectivity index is 1.88. The Labute approximate surface area is 377 Å². The molecule has 2 aliphatic heterocycles. The standard InChI is InChI=1S/C42H65N13O10/c1-22(2)33(53-35(58)28(50-32(57)20-45-6)9-7-15-47-42(43)44)38(61)51-29(17-25-11-13-27(56)14-12-25)36(59)54-34(23(3)4)39(62)52-30(18-26-19-46-21-48-26)40(63)55-16-8-10-31(55)37(60)49-24(5)41(64)65/h11-14,19,21-24,26,28-31,33-34,45,56H,7-10,15-18,20H2,1-6H3,(H,49,60)(H,50,57)(H,51,61)(H,52,62)(H,53,58)(H,54,59)(H,64,65)(H4,43,44,47)/t24-,26?,28-,29-,30-,31-,33-,34-/m0/s1. The summed E-state index contributed by atoms with van der Waals surface area (Å²) in [6.45, 7) is 8.26. The van der Waals surface area contributed by atoms with Gasteiger partial charge in [0.15, 0.2) is 5.96 Å². The largest absolute Gasteiger partial charge is 0.508 e. The molecule has 2 heterocycles. The van der Waals surface area contributed by atoms with Crippen molar-refractivity contribution in [3.05, 3.63) is 29.8 Å². The van der Waals surface area contributed by atoms with Crippen LogP contribution < -0.4 is 48.7 Å². The molecular weight excluding hydrogens is 847 g/mol. The molecule has 358 valence electrons. The van der Waals surface area contributed by atoms with E-state index in [2.05, 4.69) is 52.2 Å². The van der Waals surface area contributed by atoms with Gasteiger partial charge in [0.25, 0.3) is 0 Å². The molecule has 0 bridgehead atoms. The van der Waals surface area contributed by atoms with Crippen molar-refractivity contribution in [3.8, 4) is 5.75 Å². The number of phenolic OH excluding ortho intramolecular Hbond substituents is 1. The number of nitrogens with two attached hydrogens (primary N) is 2. The van der Waals surface area contributed by atoms with Gasteiger partial charge < -0.3 is 63.8 Å². The zero-order chi connectivity index (χ0) is 48.4. The highest BCUT2D eigenvalue weighted by Gasteiger charge is 2.41. The van der Waals surface area contributed by atoms with E-state index in [0.29, 0.717) is 18.4 Å². The first kappa shape index (κ1) is 52.7. The Morgan fingerprint density at radius 1 is 0.815 bits per heavy atom. The molecule has 1 fully saturated rings. The van der Waals surface area contributed by atoms with Crippen LogP contribution in [0.4, 0.5) is 0 Å². The monoisotopic (exact) mass is 911 g/mol. The maximum absolute atomic E-state index is 14.3. The number of carboxylic acid groups (broad SMARTS) is 1. The first-order chi connectivity index (χ1) is 30.7. The summed E-state index contributed by atoms with van der Waals surface area (Å²) in [5.74, 6) is -7.21. The van der Waals surface area contributed by atoms with Crippen LogP contribution >= 0.6 is 0 Å². The summed E-state index contributed by atoms with van der Waals surface area (Å²) in [5, 5.41) is 37.9. The fraction of sp³-hybridized carbons (Fsp3) is 0.595. The van der Waals surface area contributed by atoms with E-state index in [0.717, 1.165) is 0 Å². The minimum absolute atomic E-state index is 0.0399. The van der Waals surface area contributed by atoms with Crippen molar-refractivity contribution in [1.29, 1.82) is 0 Å². The van der Waals surface area contributed by atoms with Crippen molar-refractivity contribution in [2.45, 2.75) is 121 Å². The van der Waals surface area contributed by atoms with Crippen LogP contribution in [0.3, 0.4) is 0 Å². The fourth-order valence-electron chi connectivity index (χ4n) is 7.12. The Morgan fingerprint density at radius 3 is 1.95 bits per heavy atom. The van der Waals surface area contributed by atoms with Gasteiger partial charge in [0.2, 0.25) is 41.4 Å². The van der Waals surface area contributed by atoms with Gasteiger partial charge in [0.1, 0.15) is 54.4 Å². The predicted molar refractivity (Wildman–Crippen MR) is 240 cm³/mol. The third kappa shape index (κ3) is 16.8. The molecule has 2 aliphatic rings. The minimum Gasteiger partial charge on any atom is -0.508 e. The number of carbonyl (C=O) groups is 8. The van der Waals surface area contributed by atoms with Gasteiger partial charge in [0, 0.05) is 32.1 Å². The highest BCUT2D eigenvalue weighted by molar-refractivity contribution is 5.98. The van der Waals surface area contributed by atoms with Gasteiger partial charge in [0.05, 0.1) is 12.6 Å². The van der Waals surface area contributed by atoms with E-state index >= 15 is 0 Å². The number of hydrogen-bond acceptors (Lipinski definition) is 13. The van der Waals surface area contributed by atoms with Gasteiger partial charge in [-0.15, -0.1) is 0 Å². The van der Waals surface area contributed by atoms with E-state index in [1.165, 1.54) is 36.5 Å². The number of aliphatic imine (C=N–C) groups is 3. The van der Waals surface area contributed by atoms with Crippen LogP contribution in [-0.2, 0) is 44.8 Å². The number of guanidine groups is 1. The smallest absolute Gasteiger partial charge is 0.325 e. The maximum Gasteiger partial charge on any atom is 0.325 e. The molecule has 1 aromatic carbocycles. The van der Waals surface area contributed by atoms with Crippen molar-refractivity contribution in [1.82, 2.24) is 42.1 Å². The van der Waals surface area contributed by atoms with Gasteiger partial charge in [-0.05, 0) is 69.2 Å². The number of likely N-dealkylation sites (tertiary alicyclic amines) is 1. The molecule has 1 saturated heterocycles. The SMILES string of the molecule is CNCC(=O)N[C@@H](CCCN=C(N)N)C(=O)N[C@H](C(=O)N[C@@H](Cc1ccc(O)cc1)C(=O)N[C@H](C(=O)N[C@@H](CC1C=NC=N1)C(=O)N1CCC[C@H]1C(=O)N[C@@H](C)C(=O)O)C(C)C)C(C)C. The highest BCUT2D eigenvalue weighted by atomic mass is 16.4. The Bertz CT molecular complexity index is 1920. The number of aromatic hydroxyl groups is 1. The third-order valence-electron chi connectivity index (χ3n) is 10.7. The number of aliphatic carboxylic acids is 1. The number of rotatable bonds is 25. The first-order valence-electron chi connectivity index (χ1n) is 21.6. The molecule has 0 aliphatic carbocycles. The molecule has 0 saturated carbocycles. The summed E-state index contributed by atoms with van der Waals surface area (Å²) in [6.07, 6.45) is 3.80. The topological polar surface area (TPSA) is 354 Å². The number of hydrogen-bond donors (Lipinski definition) is 11. The zero-order valence-corrected chi connectivity index (χ0v) is 37.7. The van der Waals surface area contributed by atoms with Gasteiger partial charge in [-0.2, -0.15) is 0 Å². The van der Waals surface area contributed by atoms with Crippen LogP contribution in [0.2, 0.25) is 0 Å². The average molecular weight is 912 g/mol. The molecule has 23 heteroatoms. The molecule has 0 aromatic heterocycles. The van der Waals surface area contributed by atoms with Crippen molar-refractivity contribution in [3.63, 3.8) is 0 Å². The molecule has 8 atom stereocenters. The maximum atomic E-state index is 14.3. The number of nitrogens with zero attached hydrogens (tertiary/aromatic N) is 4. The third-order valence-corrected chi connectivity index (χ3v) is 10.7. The molecular formula is C42H65N13O10. The number of phenols is 1. The van der Waals surface area contributed by atoms with Crippen molar-refractivity contribution in [2.75, 3.05) is 26.7 Å². The summed E-state index contributed by atoms with van der Waals surface area (Å²) >= 11 is 0. The van der Waals surface area contributed by atoms with Gasteiger partial charge in [-0.1, -0.05) is 39.8 Å². The van der Waals surface area contributed by atoms with Crippen molar-refractivity contribution < 1.29 is 48.6 Å². The first-order valence-corrected chi connectivity index (χ1v) is 21.6. The van der Waals surface area contributed by atoms with Crippen LogP contribution in [0.15, 0.2) is 39.2 Å². The van der Waals surface area contributed by atoms with E-state index in [4.69, 9.17) is 11.5 Å². The van der Waals surface area contributed by atoms with E-state index in [1.807, 2.05) is 0 Å².